The van der Waals surface area contributed by atoms with Crippen molar-refractivity contribution in [2.24, 2.45) is 5.41 Å². The van der Waals surface area contributed by atoms with Gasteiger partial charge in [0.05, 0.1) is 18.0 Å². The van der Waals surface area contributed by atoms with E-state index in [4.69, 9.17) is 4.74 Å². The van der Waals surface area contributed by atoms with Crippen LogP contribution in [0.2, 0.25) is 0 Å². The van der Waals surface area contributed by atoms with Gasteiger partial charge in [0.15, 0.2) is 0 Å². The lowest BCUT2D eigenvalue weighted by atomic mass is 9.74. The molecule has 1 atom stereocenters. The first-order valence-corrected chi connectivity index (χ1v) is 12.6. The summed E-state index contributed by atoms with van der Waals surface area (Å²) in [6, 6.07) is 15.4. The minimum atomic E-state index is -1.49. The van der Waals surface area contributed by atoms with E-state index in [0.717, 1.165) is 19.4 Å². The molecule has 7 heteroatoms. The van der Waals surface area contributed by atoms with Gasteiger partial charge in [-0.15, -0.1) is 0 Å². The first-order chi connectivity index (χ1) is 17.5. The third-order valence-corrected chi connectivity index (χ3v) is 7.58. The summed E-state index contributed by atoms with van der Waals surface area (Å²) < 4.78 is 34.7. The Hall–Kier alpha value is -3.06. The number of hydrogen-bond donors (Lipinski definition) is 1. The minimum absolute atomic E-state index is 0.0175. The van der Waals surface area contributed by atoms with Gasteiger partial charge in [0.2, 0.25) is 0 Å². The molecule has 5 nitrogen and oxygen atoms in total. The molecular weight excluding hydrogens is 462 g/mol. The molecule has 0 aliphatic carbocycles. The average molecular weight is 497 g/mol. The number of methoxy groups -OCH3 is 1. The van der Waals surface area contributed by atoms with Gasteiger partial charge in [-0.25, -0.2) is 8.78 Å². The van der Waals surface area contributed by atoms with Crippen LogP contribution in [0.4, 0.5) is 8.78 Å². The smallest absolute Gasteiger partial charge is 0.309 e. The lowest BCUT2D eigenvalue weighted by Crippen LogP contribution is -2.44. The van der Waals surface area contributed by atoms with Crippen LogP contribution in [0.1, 0.15) is 55.0 Å². The van der Waals surface area contributed by atoms with E-state index in [1.807, 2.05) is 18.2 Å². The highest BCUT2D eigenvalue weighted by molar-refractivity contribution is 5.85. The number of aryl methyl sites for hydroxylation is 1. The molecule has 0 radical (unpaired) electrons. The van der Waals surface area contributed by atoms with Gasteiger partial charge in [-0.3, -0.25) is 9.78 Å². The Morgan fingerprint density at radius 3 is 2.61 bits per heavy atom. The molecule has 1 fully saturated rings. The zero-order chi connectivity index (χ0) is 25.5. The molecule has 1 saturated heterocycles. The van der Waals surface area contributed by atoms with E-state index in [1.54, 1.807) is 18.2 Å². The summed E-state index contributed by atoms with van der Waals surface area (Å²) in [7, 11) is 1.52. The number of aliphatic carboxylic acids is 1. The van der Waals surface area contributed by atoms with Gasteiger partial charge in [0.25, 0.3) is 0 Å². The lowest BCUT2D eigenvalue weighted by molar-refractivity contribution is -0.153. The fourth-order valence-electron chi connectivity index (χ4n) is 5.31. The predicted octanol–water partition coefficient (Wildman–Crippen LogP) is 6.30. The molecule has 1 N–H and O–H groups in total. The number of fused-ring (bicyclic) bond motifs is 1. The van der Waals surface area contributed by atoms with Gasteiger partial charge >= 0.3 is 5.97 Å². The van der Waals surface area contributed by atoms with Crippen molar-refractivity contribution in [3.63, 3.8) is 0 Å². The van der Waals surface area contributed by atoms with Gasteiger partial charge in [-0.2, -0.15) is 0 Å². The Bertz CT molecular complexity index is 1160. The minimum Gasteiger partial charge on any atom is -0.497 e. The highest BCUT2D eigenvalue weighted by Gasteiger charge is 2.41. The van der Waals surface area contributed by atoms with E-state index >= 15 is 4.39 Å². The number of ether oxygens (including phenoxy) is 1. The number of carbonyl (C=O) groups is 1. The Morgan fingerprint density at radius 1 is 1.19 bits per heavy atom. The number of pyridine rings is 1. The van der Waals surface area contributed by atoms with E-state index in [2.05, 4.69) is 22.0 Å². The molecule has 2 aromatic carbocycles. The molecule has 192 valence electrons. The standard InChI is InChI=1S/C29H34F2N2O3/c1-36-23-9-10-26-24(18-23)27(22(19-30)20-32-26)25(31)11-12-29(28(34)35)13-16-33(17-14-29)15-5-8-21-6-3-2-4-7-21/h2-4,6-7,9-10,18,20,25H,5,8,11-17,19H2,1H3,(H,34,35)/t25-/m1/s1. The summed E-state index contributed by atoms with van der Waals surface area (Å²) in [5.41, 5.74) is 1.34. The summed E-state index contributed by atoms with van der Waals surface area (Å²) in [5.74, 6) is -0.332. The number of alkyl halides is 2. The first-order valence-electron chi connectivity index (χ1n) is 12.6. The van der Waals surface area contributed by atoms with Crippen LogP contribution in [0, 0.1) is 5.41 Å². The Morgan fingerprint density at radius 2 is 1.94 bits per heavy atom. The zero-order valence-electron chi connectivity index (χ0n) is 20.8. The number of piperidine rings is 1. The fraction of sp³-hybridized carbons (Fsp3) is 0.448. The van der Waals surface area contributed by atoms with Crippen LogP contribution >= 0.6 is 0 Å². The highest BCUT2D eigenvalue weighted by atomic mass is 19.1. The van der Waals surface area contributed by atoms with Crippen molar-refractivity contribution in [3.8, 4) is 5.75 Å². The molecule has 0 unspecified atom stereocenters. The van der Waals surface area contributed by atoms with Gasteiger partial charge in [-0.05, 0) is 81.9 Å². The maximum Gasteiger partial charge on any atom is 0.309 e. The summed E-state index contributed by atoms with van der Waals surface area (Å²) in [6.45, 7) is 1.45. The number of nitrogens with zero attached hydrogens (tertiary/aromatic N) is 2. The van der Waals surface area contributed by atoms with E-state index < -0.39 is 24.2 Å². The monoisotopic (exact) mass is 496 g/mol. The third-order valence-electron chi connectivity index (χ3n) is 7.58. The molecule has 0 amide bonds. The molecule has 0 spiro atoms. The zero-order valence-corrected chi connectivity index (χ0v) is 20.8. The molecule has 3 aromatic rings. The average Bonchev–Trinajstić information content (AvgIpc) is 2.92. The summed E-state index contributed by atoms with van der Waals surface area (Å²) >= 11 is 0. The van der Waals surface area contributed by atoms with Crippen LogP contribution < -0.4 is 4.74 Å². The molecule has 36 heavy (non-hydrogen) atoms. The van der Waals surface area contributed by atoms with E-state index in [1.165, 1.54) is 18.9 Å². The van der Waals surface area contributed by atoms with Crippen LogP contribution in [0.25, 0.3) is 10.9 Å². The van der Waals surface area contributed by atoms with Crippen LogP contribution in [0.5, 0.6) is 5.75 Å². The number of benzene rings is 2. The van der Waals surface area contributed by atoms with E-state index in [0.29, 0.717) is 42.6 Å². The van der Waals surface area contributed by atoms with Crippen molar-refractivity contribution >= 4 is 16.9 Å². The highest BCUT2D eigenvalue weighted by Crippen LogP contribution is 2.41. The number of hydrogen-bond acceptors (Lipinski definition) is 4. The number of carboxylic acids is 1. The molecule has 1 aliphatic heterocycles. The summed E-state index contributed by atoms with van der Waals surface area (Å²) in [6.07, 6.45) is 3.09. The third kappa shape index (κ3) is 5.84. The second-order valence-corrected chi connectivity index (χ2v) is 9.74. The largest absolute Gasteiger partial charge is 0.497 e. The van der Waals surface area contributed by atoms with Gasteiger partial charge < -0.3 is 14.7 Å². The fourth-order valence-corrected chi connectivity index (χ4v) is 5.31. The maximum absolute atomic E-state index is 15.7. The van der Waals surface area contributed by atoms with Crippen molar-refractivity contribution in [1.82, 2.24) is 9.88 Å². The summed E-state index contributed by atoms with van der Waals surface area (Å²) in [5, 5.41) is 10.6. The molecule has 0 saturated carbocycles. The Labute approximate surface area is 211 Å². The van der Waals surface area contributed by atoms with Crippen molar-refractivity contribution in [2.45, 2.75) is 51.4 Å². The molecule has 1 aliphatic rings. The molecule has 2 heterocycles. The van der Waals surface area contributed by atoms with Crippen LogP contribution in [0.3, 0.4) is 0 Å². The molecule has 4 rings (SSSR count). The molecule has 0 bridgehead atoms. The number of halogens is 2. The Balaban J connectivity index is 1.40. The number of aromatic nitrogens is 1. The molecule has 1 aromatic heterocycles. The first kappa shape index (κ1) is 26.0. The predicted molar refractivity (Wildman–Crippen MR) is 137 cm³/mol. The quantitative estimate of drug-likeness (QED) is 0.337. The van der Waals surface area contributed by atoms with E-state index in [9.17, 15) is 14.3 Å². The summed E-state index contributed by atoms with van der Waals surface area (Å²) in [4.78, 5) is 18.9. The SMILES string of the molecule is COc1ccc2ncc(CF)c([C@H](F)CCC3(C(=O)O)CCN(CCCc4ccccc4)CC3)c2c1. The topological polar surface area (TPSA) is 62.7 Å². The van der Waals surface area contributed by atoms with Crippen LogP contribution in [-0.2, 0) is 17.9 Å². The normalized spacial score (nSPS) is 16.6. The van der Waals surface area contributed by atoms with Crippen molar-refractivity contribution in [3.05, 3.63) is 71.4 Å². The second-order valence-electron chi connectivity index (χ2n) is 9.74. The second kappa shape index (κ2) is 11.8. The Kier molecular flexibility index (Phi) is 8.52. The lowest BCUT2D eigenvalue weighted by Gasteiger charge is -2.39. The van der Waals surface area contributed by atoms with Crippen LogP contribution in [-0.4, -0.2) is 47.7 Å². The maximum atomic E-state index is 15.7. The number of rotatable bonds is 11. The van der Waals surface area contributed by atoms with Gasteiger partial charge in [0.1, 0.15) is 18.6 Å². The number of carboxylic acid groups (broad SMARTS) is 1. The van der Waals surface area contributed by atoms with E-state index in [-0.39, 0.29) is 24.0 Å². The van der Waals surface area contributed by atoms with Gasteiger partial charge in [0, 0.05) is 22.7 Å². The number of likely N-dealkylation sites (tertiary alicyclic amines) is 1. The van der Waals surface area contributed by atoms with Crippen molar-refractivity contribution in [2.75, 3.05) is 26.7 Å². The van der Waals surface area contributed by atoms with Crippen molar-refractivity contribution in [1.29, 1.82) is 0 Å². The van der Waals surface area contributed by atoms with Crippen LogP contribution in [0.15, 0.2) is 54.7 Å². The van der Waals surface area contributed by atoms with Crippen molar-refractivity contribution < 1.29 is 23.4 Å². The molecular formula is C29H34F2N2O3. The van der Waals surface area contributed by atoms with Gasteiger partial charge in [-0.1, -0.05) is 30.3 Å².